The number of carbonyl (C=O) groups is 1. The zero-order valence-electron chi connectivity index (χ0n) is 6.38. The van der Waals surface area contributed by atoms with Crippen molar-refractivity contribution in [2.45, 2.75) is 18.5 Å². The van der Waals surface area contributed by atoms with Crippen LogP contribution in [0.2, 0.25) is 0 Å². The van der Waals surface area contributed by atoms with Crippen LogP contribution in [0.25, 0.3) is 0 Å². The highest BCUT2D eigenvalue weighted by atomic mass is 31.2. The Hall–Kier alpha value is -0.420. The standard InChI is InChI=1S/C5H12NO5P/c6-3-1-2-4(5(7)8)12(9,10)11/h4H,1-3,6H2,(H,7,8)(H2,9,10,11). The van der Waals surface area contributed by atoms with E-state index < -0.39 is 19.2 Å². The van der Waals surface area contributed by atoms with Gasteiger partial charge in [0.1, 0.15) is 0 Å². The first-order chi connectivity index (χ1) is 5.39. The number of hydrogen-bond acceptors (Lipinski definition) is 3. The maximum Gasteiger partial charge on any atom is 0.339 e. The van der Waals surface area contributed by atoms with Crippen LogP contribution in [0.1, 0.15) is 12.8 Å². The van der Waals surface area contributed by atoms with Crippen LogP contribution in [0.4, 0.5) is 0 Å². The molecular formula is C5H12NO5P. The zero-order chi connectivity index (χ0) is 9.78. The van der Waals surface area contributed by atoms with Gasteiger partial charge in [0.25, 0.3) is 0 Å². The minimum Gasteiger partial charge on any atom is -0.481 e. The third kappa shape index (κ3) is 3.82. The van der Waals surface area contributed by atoms with Crippen molar-refractivity contribution in [2.75, 3.05) is 6.54 Å². The van der Waals surface area contributed by atoms with Crippen molar-refractivity contribution in [3.63, 3.8) is 0 Å². The normalized spacial score (nSPS) is 14.2. The number of hydrogen-bond donors (Lipinski definition) is 4. The summed E-state index contributed by atoms with van der Waals surface area (Å²) in [6.45, 7) is 0.226. The molecule has 6 nitrogen and oxygen atoms in total. The van der Waals surface area contributed by atoms with Crippen molar-refractivity contribution in [1.29, 1.82) is 0 Å². The van der Waals surface area contributed by atoms with E-state index in [0.29, 0.717) is 6.42 Å². The molecule has 1 unspecified atom stereocenters. The summed E-state index contributed by atoms with van der Waals surface area (Å²) < 4.78 is 10.6. The maximum absolute atomic E-state index is 10.6. The molecule has 0 aliphatic rings. The Morgan fingerprint density at radius 2 is 2.00 bits per heavy atom. The highest BCUT2D eigenvalue weighted by Crippen LogP contribution is 2.43. The van der Waals surface area contributed by atoms with Crippen LogP contribution >= 0.6 is 7.60 Å². The second-order valence-corrected chi connectivity index (χ2v) is 4.18. The molecular weight excluding hydrogens is 185 g/mol. The molecule has 7 heteroatoms. The van der Waals surface area contributed by atoms with Crippen molar-refractivity contribution in [3.8, 4) is 0 Å². The molecule has 1 atom stereocenters. The van der Waals surface area contributed by atoms with Gasteiger partial charge in [-0.15, -0.1) is 0 Å². The van der Waals surface area contributed by atoms with Gasteiger partial charge in [-0.1, -0.05) is 0 Å². The van der Waals surface area contributed by atoms with Crippen molar-refractivity contribution in [2.24, 2.45) is 5.73 Å². The molecule has 0 rings (SSSR count). The van der Waals surface area contributed by atoms with Gasteiger partial charge in [0.2, 0.25) is 0 Å². The van der Waals surface area contributed by atoms with E-state index in [2.05, 4.69) is 0 Å². The predicted octanol–water partition coefficient (Wildman–Crippen LogP) is -0.644. The van der Waals surface area contributed by atoms with E-state index >= 15 is 0 Å². The Labute approximate surface area is 69.5 Å². The lowest BCUT2D eigenvalue weighted by atomic mass is 10.2. The summed E-state index contributed by atoms with van der Waals surface area (Å²) in [6, 6.07) is 0. The second-order valence-electron chi connectivity index (χ2n) is 2.37. The highest BCUT2D eigenvalue weighted by Gasteiger charge is 2.34. The molecule has 0 fully saturated rings. The van der Waals surface area contributed by atoms with Gasteiger partial charge < -0.3 is 20.6 Å². The third-order valence-electron chi connectivity index (χ3n) is 1.37. The largest absolute Gasteiger partial charge is 0.481 e. The van der Waals surface area contributed by atoms with Crippen molar-refractivity contribution in [3.05, 3.63) is 0 Å². The topological polar surface area (TPSA) is 121 Å². The van der Waals surface area contributed by atoms with Gasteiger partial charge in [-0.2, -0.15) is 0 Å². The van der Waals surface area contributed by atoms with Crippen LogP contribution in [0, 0.1) is 0 Å². The Kier molecular flexibility index (Phi) is 4.41. The summed E-state index contributed by atoms with van der Waals surface area (Å²) in [5.74, 6) is -1.48. The van der Waals surface area contributed by atoms with Crippen LogP contribution in [0.5, 0.6) is 0 Å². The highest BCUT2D eigenvalue weighted by molar-refractivity contribution is 7.53. The number of aliphatic carboxylic acids is 1. The fourth-order valence-electron chi connectivity index (χ4n) is 0.747. The first-order valence-corrected chi connectivity index (χ1v) is 5.06. The molecule has 0 aromatic heterocycles. The SMILES string of the molecule is NCCCC(C(=O)O)P(=O)(O)O. The molecule has 0 heterocycles. The summed E-state index contributed by atoms with van der Waals surface area (Å²) in [6.07, 6.45) is 0.207. The molecule has 5 N–H and O–H groups in total. The van der Waals surface area contributed by atoms with Crippen LogP contribution < -0.4 is 5.73 Å². The van der Waals surface area contributed by atoms with Gasteiger partial charge in [0.05, 0.1) is 0 Å². The molecule has 0 aromatic carbocycles. The molecule has 0 amide bonds. The van der Waals surface area contributed by atoms with E-state index in [-0.39, 0.29) is 13.0 Å². The van der Waals surface area contributed by atoms with Crippen molar-refractivity contribution in [1.82, 2.24) is 0 Å². The van der Waals surface area contributed by atoms with Crippen molar-refractivity contribution < 1.29 is 24.3 Å². The smallest absolute Gasteiger partial charge is 0.339 e. The van der Waals surface area contributed by atoms with E-state index in [1.54, 1.807) is 0 Å². The minimum absolute atomic E-state index is 0.0872. The summed E-state index contributed by atoms with van der Waals surface area (Å²) >= 11 is 0. The first-order valence-electron chi connectivity index (χ1n) is 3.37. The molecule has 0 aliphatic heterocycles. The first kappa shape index (κ1) is 11.6. The molecule has 0 bridgehead atoms. The summed E-state index contributed by atoms with van der Waals surface area (Å²) in [5, 5.41) is 8.40. The van der Waals surface area contributed by atoms with Crippen LogP contribution in [-0.2, 0) is 9.36 Å². The third-order valence-corrected chi connectivity index (χ3v) is 2.66. The predicted molar refractivity (Wildman–Crippen MR) is 41.8 cm³/mol. The van der Waals surface area contributed by atoms with E-state index in [1.807, 2.05) is 0 Å². The second kappa shape index (κ2) is 4.57. The quantitative estimate of drug-likeness (QED) is 0.435. The zero-order valence-corrected chi connectivity index (χ0v) is 7.28. The monoisotopic (exact) mass is 197 g/mol. The number of rotatable bonds is 5. The fraction of sp³-hybridized carbons (Fsp3) is 0.800. The van der Waals surface area contributed by atoms with Gasteiger partial charge in [-0.3, -0.25) is 9.36 Å². The molecule has 0 saturated carbocycles. The number of carboxylic acids is 1. The van der Waals surface area contributed by atoms with Crippen molar-refractivity contribution >= 4 is 13.6 Å². The Bertz CT molecular complexity index is 200. The molecule has 0 radical (unpaired) electrons. The van der Waals surface area contributed by atoms with Gasteiger partial charge in [0, 0.05) is 0 Å². The van der Waals surface area contributed by atoms with Crippen LogP contribution in [0.15, 0.2) is 0 Å². The maximum atomic E-state index is 10.6. The Balaban J connectivity index is 4.25. The number of nitrogens with two attached hydrogens (primary N) is 1. The Morgan fingerprint density at radius 3 is 2.25 bits per heavy atom. The average molecular weight is 197 g/mol. The fourth-order valence-corrected chi connectivity index (χ4v) is 1.55. The average Bonchev–Trinajstić information content (AvgIpc) is 1.84. The van der Waals surface area contributed by atoms with Gasteiger partial charge in [-0.25, -0.2) is 0 Å². The van der Waals surface area contributed by atoms with Gasteiger partial charge >= 0.3 is 13.6 Å². The van der Waals surface area contributed by atoms with Gasteiger partial charge in [-0.05, 0) is 19.4 Å². The molecule has 0 spiro atoms. The lowest BCUT2D eigenvalue weighted by molar-refractivity contribution is -0.137. The molecule has 72 valence electrons. The lowest BCUT2D eigenvalue weighted by Crippen LogP contribution is -2.21. The molecule has 0 aromatic rings. The van der Waals surface area contributed by atoms with E-state index in [9.17, 15) is 9.36 Å². The van der Waals surface area contributed by atoms with E-state index in [4.69, 9.17) is 20.6 Å². The van der Waals surface area contributed by atoms with Gasteiger partial charge in [0.15, 0.2) is 5.66 Å². The van der Waals surface area contributed by atoms with E-state index in [0.717, 1.165) is 0 Å². The minimum atomic E-state index is -4.52. The molecule has 12 heavy (non-hydrogen) atoms. The summed E-state index contributed by atoms with van der Waals surface area (Å²) in [5.41, 5.74) is 3.46. The summed E-state index contributed by atoms with van der Waals surface area (Å²) in [7, 11) is -4.52. The van der Waals surface area contributed by atoms with E-state index in [1.165, 1.54) is 0 Å². The molecule has 0 aliphatic carbocycles. The molecule has 0 saturated heterocycles. The Morgan fingerprint density at radius 1 is 1.50 bits per heavy atom. The lowest BCUT2D eigenvalue weighted by Gasteiger charge is -2.12. The van der Waals surface area contributed by atoms with Crippen LogP contribution in [0.3, 0.4) is 0 Å². The summed E-state index contributed by atoms with van der Waals surface area (Å²) in [4.78, 5) is 27.4. The van der Waals surface area contributed by atoms with Crippen LogP contribution in [-0.4, -0.2) is 33.1 Å². The number of carboxylic acid groups (broad SMARTS) is 1.